The lowest BCUT2D eigenvalue weighted by atomic mass is 10.2. The largest absolute Gasteiger partial charge is 0.436 e. The van der Waals surface area contributed by atoms with Gasteiger partial charge in [-0.15, -0.1) is 0 Å². The fourth-order valence-electron chi connectivity index (χ4n) is 1.57. The average molecular weight is 238 g/mol. The Balaban J connectivity index is 2.65. The van der Waals surface area contributed by atoms with E-state index in [9.17, 15) is 22.4 Å². The molecule has 0 aliphatic carbocycles. The van der Waals surface area contributed by atoms with Crippen LogP contribution in [-0.4, -0.2) is 22.2 Å². The minimum absolute atomic E-state index is 0.0301. The predicted molar refractivity (Wildman–Crippen MR) is 44.2 cm³/mol. The van der Waals surface area contributed by atoms with Gasteiger partial charge in [0.1, 0.15) is 5.56 Å². The Kier molecular flexibility index (Phi) is 2.07. The quantitative estimate of drug-likeness (QED) is 0.578. The molecule has 0 unspecified atom stereocenters. The van der Waals surface area contributed by atoms with Gasteiger partial charge in [0.2, 0.25) is 0 Å². The summed E-state index contributed by atoms with van der Waals surface area (Å²) < 4.78 is 51.3. The van der Waals surface area contributed by atoms with Crippen LogP contribution in [0.25, 0.3) is 0 Å². The zero-order chi connectivity index (χ0) is 12.1. The van der Waals surface area contributed by atoms with E-state index in [1.807, 2.05) is 0 Å². The highest BCUT2D eigenvalue weighted by Gasteiger charge is 2.43. The summed E-state index contributed by atoms with van der Waals surface area (Å²) in [6.07, 6.45) is -4.83. The van der Waals surface area contributed by atoms with Crippen LogP contribution in [0.5, 0.6) is 0 Å². The van der Waals surface area contributed by atoms with E-state index >= 15 is 0 Å². The van der Waals surface area contributed by atoms with E-state index in [-0.39, 0.29) is 18.2 Å². The molecule has 88 valence electrons. The van der Waals surface area contributed by atoms with Gasteiger partial charge in [0.15, 0.2) is 11.5 Å². The number of nitrogens with zero attached hydrogens (tertiary/aromatic N) is 3. The van der Waals surface area contributed by atoms with Crippen molar-refractivity contribution in [2.75, 3.05) is 11.7 Å². The Hall–Kier alpha value is -1.80. The Morgan fingerprint density at radius 2 is 2.00 bits per heavy atom. The number of fused-ring (bicyclic) bond motifs is 1. The summed E-state index contributed by atoms with van der Waals surface area (Å²) in [5, 5.41) is 3.17. The Morgan fingerprint density at radius 3 is 2.50 bits per heavy atom. The fraction of sp³-hybridized carbons (Fsp3) is 0.429. The van der Waals surface area contributed by atoms with Crippen LogP contribution in [0.2, 0.25) is 0 Å². The van der Waals surface area contributed by atoms with Gasteiger partial charge in [0.25, 0.3) is 5.91 Å². The SMILES string of the molecule is NC(=O)c1c(C(F)(F)F)nn2c1N(F)CC2. The number of hydrogen-bond donors (Lipinski definition) is 1. The van der Waals surface area contributed by atoms with Crippen LogP contribution in [0.3, 0.4) is 0 Å². The molecular weight excluding hydrogens is 232 g/mol. The van der Waals surface area contributed by atoms with Crippen LogP contribution in [0.4, 0.5) is 23.5 Å². The number of rotatable bonds is 1. The number of aromatic nitrogens is 2. The standard InChI is InChI=1S/C7H6F4N4O/c8-7(9,10)4-3(5(12)16)6-14(11)1-2-15(6)13-4/h1-2H2,(H2,12,16). The molecule has 0 fully saturated rings. The van der Waals surface area contributed by atoms with Crippen molar-refractivity contribution in [3.63, 3.8) is 0 Å². The maximum atomic E-state index is 13.1. The molecule has 2 rings (SSSR count). The molecule has 1 amide bonds. The van der Waals surface area contributed by atoms with Crippen molar-refractivity contribution in [3.8, 4) is 0 Å². The average Bonchev–Trinajstić information content (AvgIpc) is 2.64. The highest BCUT2D eigenvalue weighted by atomic mass is 19.4. The summed E-state index contributed by atoms with van der Waals surface area (Å²) >= 11 is 0. The second-order valence-corrected chi connectivity index (χ2v) is 3.22. The van der Waals surface area contributed by atoms with Crippen LogP contribution in [0.1, 0.15) is 16.1 Å². The molecule has 1 aliphatic rings. The lowest BCUT2D eigenvalue weighted by molar-refractivity contribution is -0.141. The molecule has 0 aromatic carbocycles. The maximum absolute atomic E-state index is 13.1. The van der Waals surface area contributed by atoms with Crippen molar-refractivity contribution in [2.24, 2.45) is 5.73 Å². The number of alkyl halides is 3. The second kappa shape index (κ2) is 3.09. The monoisotopic (exact) mass is 238 g/mol. The van der Waals surface area contributed by atoms with Crippen LogP contribution in [0.15, 0.2) is 0 Å². The molecule has 5 nitrogen and oxygen atoms in total. The van der Waals surface area contributed by atoms with Gasteiger partial charge in [-0.3, -0.25) is 4.79 Å². The van der Waals surface area contributed by atoms with Gasteiger partial charge in [0.05, 0.1) is 13.1 Å². The van der Waals surface area contributed by atoms with E-state index in [4.69, 9.17) is 5.73 Å². The minimum Gasteiger partial charge on any atom is -0.365 e. The molecule has 0 radical (unpaired) electrons. The maximum Gasteiger partial charge on any atom is 0.436 e. The first kappa shape index (κ1) is 10.7. The molecule has 2 N–H and O–H groups in total. The van der Waals surface area contributed by atoms with Gasteiger partial charge in [-0.2, -0.15) is 23.4 Å². The zero-order valence-electron chi connectivity index (χ0n) is 7.75. The van der Waals surface area contributed by atoms with Crippen molar-refractivity contribution in [2.45, 2.75) is 12.7 Å². The van der Waals surface area contributed by atoms with Gasteiger partial charge < -0.3 is 5.73 Å². The molecule has 1 aromatic rings. The van der Waals surface area contributed by atoms with E-state index in [2.05, 4.69) is 5.10 Å². The highest BCUT2D eigenvalue weighted by molar-refractivity contribution is 5.99. The van der Waals surface area contributed by atoms with Crippen molar-refractivity contribution in [3.05, 3.63) is 11.3 Å². The van der Waals surface area contributed by atoms with Gasteiger partial charge in [-0.1, -0.05) is 4.48 Å². The number of primary amides is 1. The number of amides is 1. The molecule has 1 aliphatic heterocycles. The Bertz CT molecular complexity index is 452. The van der Waals surface area contributed by atoms with Crippen LogP contribution in [0, 0.1) is 0 Å². The molecule has 16 heavy (non-hydrogen) atoms. The minimum atomic E-state index is -4.83. The van der Waals surface area contributed by atoms with Gasteiger partial charge in [-0.05, 0) is 0 Å². The number of halogens is 4. The lowest BCUT2D eigenvalue weighted by Gasteiger charge is -2.07. The lowest BCUT2D eigenvalue weighted by Crippen LogP contribution is -2.21. The van der Waals surface area contributed by atoms with Crippen LogP contribution in [-0.2, 0) is 12.7 Å². The first-order valence-electron chi connectivity index (χ1n) is 4.23. The number of anilines is 1. The number of carbonyl (C=O) groups is 1. The smallest absolute Gasteiger partial charge is 0.365 e. The zero-order valence-corrected chi connectivity index (χ0v) is 7.75. The molecule has 0 bridgehead atoms. The van der Waals surface area contributed by atoms with Gasteiger partial charge >= 0.3 is 6.18 Å². The molecule has 0 saturated carbocycles. The van der Waals surface area contributed by atoms with Crippen LogP contribution < -0.4 is 10.9 Å². The van der Waals surface area contributed by atoms with Gasteiger partial charge in [-0.25, -0.2) is 4.68 Å². The van der Waals surface area contributed by atoms with Crippen LogP contribution >= 0.6 is 0 Å². The predicted octanol–water partition coefficient (Wildman–Crippen LogP) is 0.705. The van der Waals surface area contributed by atoms with Gasteiger partial charge in [0, 0.05) is 0 Å². The third kappa shape index (κ3) is 1.39. The summed E-state index contributed by atoms with van der Waals surface area (Å²) in [6, 6.07) is 0. The van der Waals surface area contributed by atoms with E-state index in [0.29, 0.717) is 0 Å². The summed E-state index contributed by atoms with van der Waals surface area (Å²) in [5.74, 6) is -1.88. The highest BCUT2D eigenvalue weighted by Crippen LogP contribution is 2.37. The molecule has 2 heterocycles. The van der Waals surface area contributed by atoms with E-state index in [0.717, 1.165) is 4.68 Å². The van der Waals surface area contributed by atoms with E-state index < -0.39 is 29.2 Å². The normalized spacial score (nSPS) is 15.4. The van der Waals surface area contributed by atoms with E-state index in [1.54, 1.807) is 0 Å². The third-order valence-electron chi connectivity index (χ3n) is 2.18. The number of carbonyl (C=O) groups excluding carboxylic acids is 1. The molecule has 0 saturated heterocycles. The van der Waals surface area contributed by atoms with E-state index in [1.165, 1.54) is 0 Å². The Morgan fingerprint density at radius 1 is 1.38 bits per heavy atom. The summed E-state index contributed by atoms with van der Waals surface area (Å²) in [6.45, 7) is -0.205. The molecule has 1 aromatic heterocycles. The van der Waals surface area contributed by atoms with Crippen molar-refractivity contribution in [1.82, 2.24) is 9.78 Å². The van der Waals surface area contributed by atoms with Crippen molar-refractivity contribution in [1.29, 1.82) is 0 Å². The Labute approximate surface area is 86.4 Å². The first-order valence-corrected chi connectivity index (χ1v) is 4.23. The topological polar surface area (TPSA) is 64.2 Å². The van der Waals surface area contributed by atoms with Crippen molar-refractivity contribution >= 4 is 11.7 Å². The first-order chi connectivity index (χ1) is 7.32. The molecule has 9 heteroatoms. The third-order valence-corrected chi connectivity index (χ3v) is 2.18. The second-order valence-electron chi connectivity index (χ2n) is 3.22. The summed E-state index contributed by atoms with van der Waals surface area (Å²) in [4.78, 5) is 10.9. The summed E-state index contributed by atoms with van der Waals surface area (Å²) in [5.41, 5.74) is 2.43. The number of nitrogens with two attached hydrogens (primary N) is 1. The molecule has 0 atom stereocenters. The fourth-order valence-corrected chi connectivity index (χ4v) is 1.57. The number of hydrogen-bond acceptors (Lipinski definition) is 3. The van der Waals surface area contributed by atoms with Crippen molar-refractivity contribution < 1.29 is 22.4 Å². The summed E-state index contributed by atoms with van der Waals surface area (Å²) in [7, 11) is 0. The molecular formula is C7H6F4N4O. The molecule has 0 spiro atoms.